The summed E-state index contributed by atoms with van der Waals surface area (Å²) in [4.78, 5) is 52.8. The third kappa shape index (κ3) is 4.04. The summed E-state index contributed by atoms with van der Waals surface area (Å²) >= 11 is 1.33. The Morgan fingerprint density at radius 2 is 1.66 bits per heavy atom. The maximum Gasteiger partial charge on any atom is 0.342 e. The highest BCUT2D eigenvalue weighted by Crippen LogP contribution is 2.27. The summed E-state index contributed by atoms with van der Waals surface area (Å²) < 4.78 is 10.5. The number of aryl methyl sites for hydroxylation is 1. The summed E-state index contributed by atoms with van der Waals surface area (Å²) in [6, 6.07) is 14.9. The Kier molecular flexibility index (Phi) is 5.87. The van der Waals surface area contributed by atoms with Gasteiger partial charge in [0.2, 0.25) is 5.78 Å². The van der Waals surface area contributed by atoms with Crippen molar-refractivity contribution in [3.63, 3.8) is 0 Å². The van der Waals surface area contributed by atoms with Gasteiger partial charge in [0.1, 0.15) is 11.3 Å². The largest absolute Gasteiger partial charge is 0.496 e. The molecule has 1 aliphatic heterocycles. The van der Waals surface area contributed by atoms with E-state index in [0.717, 1.165) is 9.78 Å². The van der Waals surface area contributed by atoms with Crippen molar-refractivity contribution in [3.05, 3.63) is 86.6 Å². The molecule has 3 aromatic rings. The molecular weight excluding hydrogens is 430 g/mol. The Hall–Kier alpha value is -3.78. The highest BCUT2D eigenvalue weighted by molar-refractivity contribution is 7.14. The van der Waals surface area contributed by atoms with Gasteiger partial charge in [-0.3, -0.25) is 19.3 Å². The molecule has 0 unspecified atom stereocenters. The minimum absolute atomic E-state index is 0.00990. The van der Waals surface area contributed by atoms with Crippen LogP contribution in [0.5, 0.6) is 5.75 Å². The first-order valence-corrected chi connectivity index (χ1v) is 10.6. The summed E-state index contributed by atoms with van der Waals surface area (Å²) in [6.07, 6.45) is 0. The SMILES string of the molecule is COc1ccc(CN2C(=O)c3ccccc3C2=O)cc1C(=O)OCC(=O)c1ccc(C)s1. The number of ketones is 1. The van der Waals surface area contributed by atoms with Crippen LogP contribution in [-0.2, 0) is 11.3 Å². The number of hydrogen-bond acceptors (Lipinski definition) is 7. The van der Waals surface area contributed by atoms with Gasteiger partial charge in [-0.25, -0.2) is 4.79 Å². The van der Waals surface area contributed by atoms with Gasteiger partial charge in [0.25, 0.3) is 11.8 Å². The molecular formula is C24H19NO6S. The summed E-state index contributed by atoms with van der Waals surface area (Å²) in [5, 5.41) is 0. The number of hydrogen-bond donors (Lipinski definition) is 0. The van der Waals surface area contributed by atoms with Gasteiger partial charge in [-0.2, -0.15) is 0 Å². The Morgan fingerprint density at radius 1 is 0.969 bits per heavy atom. The molecule has 0 saturated carbocycles. The Balaban J connectivity index is 1.50. The fraction of sp³-hybridized carbons (Fsp3) is 0.167. The van der Waals surface area contributed by atoms with E-state index < -0.39 is 12.6 Å². The molecule has 0 N–H and O–H groups in total. The van der Waals surface area contributed by atoms with Gasteiger partial charge in [-0.15, -0.1) is 11.3 Å². The molecule has 0 fully saturated rings. The van der Waals surface area contributed by atoms with Crippen LogP contribution >= 0.6 is 11.3 Å². The number of imide groups is 1. The lowest BCUT2D eigenvalue weighted by Gasteiger charge is -2.15. The van der Waals surface area contributed by atoms with Crippen LogP contribution in [0.25, 0.3) is 0 Å². The zero-order valence-electron chi connectivity index (χ0n) is 17.4. The van der Waals surface area contributed by atoms with Crippen LogP contribution < -0.4 is 4.74 Å². The molecule has 0 saturated heterocycles. The molecule has 0 bridgehead atoms. The van der Waals surface area contributed by atoms with Crippen LogP contribution in [0, 0.1) is 6.92 Å². The number of fused-ring (bicyclic) bond motifs is 1. The van der Waals surface area contributed by atoms with Crippen molar-refractivity contribution < 1.29 is 28.7 Å². The summed E-state index contributed by atoms with van der Waals surface area (Å²) in [6.45, 7) is 1.48. The third-order valence-corrected chi connectivity index (χ3v) is 6.09. The number of rotatable bonds is 7. The van der Waals surface area contributed by atoms with Crippen LogP contribution in [0.2, 0.25) is 0 Å². The molecule has 0 radical (unpaired) electrons. The average Bonchev–Trinajstić information content (AvgIpc) is 3.34. The fourth-order valence-corrected chi connectivity index (χ4v) is 4.23. The number of carbonyl (C=O) groups excluding carboxylic acids is 4. The number of benzene rings is 2. The van der Waals surface area contributed by atoms with E-state index in [-0.39, 0.29) is 35.5 Å². The van der Waals surface area contributed by atoms with Gasteiger partial charge in [0.15, 0.2) is 6.61 Å². The number of methoxy groups -OCH3 is 1. The van der Waals surface area contributed by atoms with Crippen LogP contribution in [-0.4, -0.2) is 42.2 Å². The third-order valence-electron chi connectivity index (χ3n) is 5.05. The Labute approximate surface area is 188 Å². The zero-order valence-corrected chi connectivity index (χ0v) is 18.2. The number of thiophene rings is 1. The predicted octanol–water partition coefficient (Wildman–Crippen LogP) is 3.90. The van der Waals surface area contributed by atoms with Gasteiger partial charge < -0.3 is 9.47 Å². The monoisotopic (exact) mass is 449 g/mol. The first-order valence-electron chi connectivity index (χ1n) is 9.78. The second-order valence-electron chi connectivity index (χ2n) is 7.19. The van der Waals surface area contributed by atoms with Crippen molar-refractivity contribution in [2.75, 3.05) is 13.7 Å². The van der Waals surface area contributed by atoms with Crippen molar-refractivity contribution >= 4 is 34.9 Å². The van der Waals surface area contributed by atoms with Gasteiger partial charge in [-0.1, -0.05) is 18.2 Å². The van der Waals surface area contributed by atoms with Crippen LogP contribution in [0.1, 0.15) is 51.2 Å². The van der Waals surface area contributed by atoms with E-state index in [1.807, 2.05) is 13.0 Å². The zero-order chi connectivity index (χ0) is 22.8. The van der Waals surface area contributed by atoms with Crippen molar-refractivity contribution in [2.45, 2.75) is 13.5 Å². The maximum atomic E-state index is 12.7. The number of ether oxygens (including phenoxy) is 2. The van der Waals surface area contributed by atoms with Gasteiger partial charge >= 0.3 is 5.97 Å². The second kappa shape index (κ2) is 8.76. The lowest BCUT2D eigenvalue weighted by molar-refractivity contribution is 0.0472. The molecule has 1 aromatic heterocycles. The summed E-state index contributed by atoms with van der Waals surface area (Å²) in [5.74, 6) is -1.53. The van der Waals surface area contributed by atoms with Crippen LogP contribution in [0.4, 0.5) is 0 Å². The average molecular weight is 449 g/mol. The highest BCUT2D eigenvalue weighted by atomic mass is 32.1. The smallest absolute Gasteiger partial charge is 0.342 e. The molecule has 32 heavy (non-hydrogen) atoms. The predicted molar refractivity (Wildman–Crippen MR) is 117 cm³/mol. The fourth-order valence-electron chi connectivity index (χ4n) is 3.44. The van der Waals surface area contributed by atoms with Gasteiger partial charge in [0, 0.05) is 4.88 Å². The molecule has 2 amide bonds. The maximum absolute atomic E-state index is 12.7. The lowest BCUT2D eigenvalue weighted by atomic mass is 10.1. The standard InChI is InChI=1S/C24H19NO6S/c1-14-7-10-21(32-14)19(26)13-31-24(29)18-11-15(8-9-20(18)30-2)12-25-22(27)16-5-3-4-6-17(16)23(25)28/h3-11H,12-13H2,1-2H3. The normalized spacial score (nSPS) is 12.6. The van der Waals surface area contributed by atoms with E-state index in [2.05, 4.69) is 0 Å². The van der Waals surface area contributed by atoms with Crippen molar-refractivity contribution in [1.29, 1.82) is 0 Å². The minimum Gasteiger partial charge on any atom is -0.496 e. The lowest BCUT2D eigenvalue weighted by Crippen LogP contribution is -2.29. The Bertz CT molecular complexity index is 1210. The number of nitrogens with zero attached hydrogens (tertiary/aromatic N) is 1. The van der Waals surface area contributed by atoms with Crippen LogP contribution in [0.15, 0.2) is 54.6 Å². The van der Waals surface area contributed by atoms with E-state index in [1.165, 1.54) is 24.5 Å². The van der Waals surface area contributed by atoms with E-state index in [0.29, 0.717) is 21.6 Å². The van der Waals surface area contributed by atoms with Gasteiger partial charge in [-0.05, 0) is 48.9 Å². The van der Waals surface area contributed by atoms with Crippen molar-refractivity contribution in [2.24, 2.45) is 0 Å². The summed E-state index contributed by atoms with van der Waals surface area (Å²) in [7, 11) is 1.41. The van der Waals surface area contributed by atoms with Crippen LogP contribution in [0.3, 0.4) is 0 Å². The number of Topliss-reactive ketones (excluding diaryl/α,β-unsaturated/α-hetero) is 1. The Morgan fingerprint density at radius 3 is 2.25 bits per heavy atom. The molecule has 2 aromatic carbocycles. The van der Waals surface area contributed by atoms with E-state index in [9.17, 15) is 19.2 Å². The molecule has 7 nitrogen and oxygen atoms in total. The molecule has 0 spiro atoms. The number of amides is 2. The minimum atomic E-state index is -0.729. The van der Waals surface area contributed by atoms with E-state index >= 15 is 0 Å². The molecule has 2 heterocycles. The highest BCUT2D eigenvalue weighted by Gasteiger charge is 2.35. The van der Waals surface area contributed by atoms with E-state index in [4.69, 9.17) is 9.47 Å². The topological polar surface area (TPSA) is 90.0 Å². The second-order valence-corrected chi connectivity index (χ2v) is 8.47. The summed E-state index contributed by atoms with van der Waals surface area (Å²) in [5.41, 5.74) is 1.37. The molecule has 1 aliphatic rings. The number of esters is 1. The first-order chi connectivity index (χ1) is 15.4. The molecule has 0 aliphatic carbocycles. The van der Waals surface area contributed by atoms with Crippen molar-refractivity contribution in [3.8, 4) is 5.75 Å². The first kappa shape index (κ1) is 21.5. The molecule has 162 valence electrons. The quantitative estimate of drug-likeness (QED) is 0.309. The van der Waals surface area contributed by atoms with E-state index in [1.54, 1.807) is 42.5 Å². The number of carbonyl (C=O) groups is 4. The molecule has 0 atom stereocenters. The molecule has 4 rings (SSSR count). The van der Waals surface area contributed by atoms with Crippen molar-refractivity contribution in [1.82, 2.24) is 4.90 Å². The van der Waals surface area contributed by atoms with Gasteiger partial charge in [0.05, 0.1) is 29.7 Å². The molecule has 8 heteroatoms.